The van der Waals surface area contributed by atoms with Crippen LogP contribution in [0.15, 0.2) is 42.7 Å². The van der Waals surface area contributed by atoms with Crippen LogP contribution >= 0.6 is 0 Å². The average Bonchev–Trinajstić information content (AvgIpc) is 3.16. The number of hydrogen-bond acceptors (Lipinski definition) is 5. The lowest BCUT2D eigenvalue weighted by Crippen LogP contribution is -2.19. The van der Waals surface area contributed by atoms with Gasteiger partial charge in [-0.1, -0.05) is 12.1 Å². The molecule has 1 aliphatic rings. The van der Waals surface area contributed by atoms with Crippen LogP contribution in [-0.2, 0) is 4.74 Å². The Morgan fingerprint density at radius 2 is 2.24 bits per heavy atom. The summed E-state index contributed by atoms with van der Waals surface area (Å²) in [5.41, 5.74) is 1.94. The smallest absolute Gasteiger partial charge is 0.257 e. The molecule has 1 aromatic carbocycles. The van der Waals surface area contributed by atoms with Gasteiger partial charge in [0.05, 0.1) is 29.6 Å². The Morgan fingerprint density at radius 3 is 3.04 bits per heavy atom. The van der Waals surface area contributed by atoms with E-state index in [1.807, 2.05) is 31.2 Å². The molecule has 1 unspecified atom stereocenters. The molecule has 1 aromatic heterocycles. The molecule has 1 saturated heterocycles. The first-order chi connectivity index (χ1) is 12.3. The maximum absolute atomic E-state index is 12.5. The van der Waals surface area contributed by atoms with E-state index in [4.69, 9.17) is 9.47 Å². The van der Waals surface area contributed by atoms with Crippen LogP contribution in [0, 0.1) is 0 Å². The van der Waals surface area contributed by atoms with Crippen molar-refractivity contribution in [1.29, 1.82) is 0 Å². The zero-order valence-corrected chi connectivity index (χ0v) is 14.3. The van der Waals surface area contributed by atoms with E-state index in [2.05, 4.69) is 15.6 Å². The highest BCUT2D eigenvalue weighted by Crippen LogP contribution is 2.24. The van der Waals surface area contributed by atoms with Crippen molar-refractivity contribution >= 4 is 17.3 Å². The highest BCUT2D eigenvalue weighted by molar-refractivity contribution is 6.05. The minimum Gasteiger partial charge on any atom is -0.492 e. The van der Waals surface area contributed by atoms with E-state index in [0.717, 1.165) is 31.7 Å². The van der Waals surface area contributed by atoms with Gasteiger partial charge in [0.25, 0.3) is 5.91 Å². The molecule has 0 spiro atoms. The fourth-order valence-electron chi connectivity index (χ4n) is 2.74. The molecule has 1 atom stereocenters. The maximum atomic E-state index is 12.5. The van der Waals surface area contributed by atoms with Gasteiger partial charge in [0.1, 0.15) is 5.75 Å². The lowest BCUT2D eigenvalue weighted by molar-refractivity contribution is 0.102. The van der Waals surface area contributed by atoms with E-state index in [0.29, 0.717) is 23.6 Å². The van der Waals surface area contributed by atoms with Crippen LogP contribution in [0.2, 0.25) is 0 Å². The molecule has 1 amide bonds. The molecule has 1 aliphatic heterocycles. The third-order valence-electron chi connectivity index (χ3n) is 3.99. The molecule has 2 aromatic rings. The number of para-hydroxylation sites is 2. The largest absolute Gasteiger partial charge is 0.492 e. The van der Waals surface area contributed by atoms with Gasteiger partial charge in [0, 0.05) is 25.5 Å². The van der Waals surface area contributed by atoms with E-state index >= 15 is 0 Å². The van der Waals surface area contributed by atoms with Crippen LogP contribution < -0.4 is 15.4 Å². The number of benzene rings is 1. The Kier molecular flexibility index (Phi) is 5.85. The second-order valence-electron chi connectivity index (χ2n) is 5.86. The monoisotopic (exact) mass is 341 g/mol. The second-order valence-corrected chi connectivity index (χ2v) is 5.86. The molecule has 1 fully saturated rings. The van der Waals surface area contributed by atoms with Crippen molar-refractivity contribution in [3.8, 4) is 5.75 Å². The summed E-state index contributed by atoms with van der Waals surface area (Å²) in [6, 6.07) is 9.17. The van der Waals surface area contributed by atoms with Crippen molar-refractivity contribution in [3.63, 3.8) is 0 Å². The molecule has 3 rings (SSSR count). The van der Waals surface area contributed by atoms with Crippen LogP contribution in [0.1, 0.15) is 30.1 Å². The second kappa shape index (κ2) is 8.48. The molecule has 0 aliphatic carbocycles. The molecule has 0 saturated carbocycles. The topological polar surface area (TPSA) is 72.5 Å². The molecule has 6 heteroatoms. The van der Waals surface area contributed by atoms with Gasteiger partial charge in [0.15, 0.2) is 0 Å². The summed E-state index contributed by atoms with van der Waals surface area (Å²) in [6.45, 7) is 4.00. The summed E-state index contributed by atoms with van der Waals surface area (Å²) in [7, 11) is 0. The highest BCUT2D eigenvalue weighted by atomic mass is 16.5. The van der Waals surface area contributed by atoms with Gasteiger partial charge in [-0.05, 0) is 38.0 Å². The molecule has 0 radical (unpaired) electrons. The summed E-state index contributed by atoms with van der Waals surface area (Å²) < 4.78 is 11.1. The van der Waals surface area contributed by atoms with Gasteiger partial charge < -0.3 is 20.1 Å². The number of hydrogen-bond donors (Lipinski definition) is 2. The van der Waals surface area contributed by atoms with Crippen molar-refractivity contribution in [1.82, 2.24) is 4.98 Å². The number of pyridine rings is 1. The predicted molar refractivity (Wildman–Crippen MR) is 97.3 cm³/mol. The highest BCUT2D eigenvalue weighted by Gasteiger charge is 2.15. The van der Waals surface area contributed by atoms with Crippen molar-refractivity contribution < 1.29 is 14.3 Å². The average molecular weight is 341 g/mol. The van der Waals surface area contributed by atoms with Gasteiger partial charge in [0.2, 0.25) is 0 Å². The Balaban J connectivity index is 1.65. The summed E-state index contributed by atoms with van der Waals surface area (Å²) in [5.74, 6) is 0.430. The maximum Gasteiger partial charge on any atom is 0.257 e. The van der Waals surface area contributed by atoms with Gasteiger partial charge in [-0.25, -0.2) is 0 Å². The first-order valence-electron chi connectivity index (χ1n) is 8.60. The van der Waals surface area contributed by atoms with E-state index in [-0.39, 0.29) is 12.0 Å². The third-order valence-corrected chi connectivity index (χ3v) is 3.99. The Morgan fingerprint density at radius 1 is 1.36 bits per heavy atom. The van der Waals surface area contributed by atoms with Crippen molar-refractivity contribution in [2.45, 2.75) is 25.9 Å². The van der Waals surface area contributed by atoms with Gasteiger partial charge >= 0.3 is 0 Å². The molecule has 6 nitrogen and oxygen atoms in total. The molecule has 2 heterocycles. The zero-order chi connectivity index (χ0) is 17.5. The summed E-state index contributed by atoms with van der Waals surface area (Å²) in [5, 5.41) is 6.16. The van der Waals surface area contributed by atoms with Crippen LogP contribution in [0.5, 0.6) is 5.75 Å². The quantitative estimate of drug-likeness (QED) is 0.808. The molecule has 25 heavy (non-hydrogen) atoms. The lowest BCUT2D eigenvalue weighted by Gasteiger charge is -2.13. The molecular formula is C19H23N3O3. The lowest BCUT2D eigenvalue weighted by atomic mass is 10.2. The normalized spacial score (nSPS) is 16.4. The van der Waals surface area contributed by atoms with Crippen molar-refractivity contribution in [2.24, 2.45) is 0 Å². The fourth-order valence-corrected chi connectivity index (χ4v) is 2.74. The SMILES string of the molecule is CCOc1ccccc1NC(=O)c1cncc(NCC2CCCO2)c1. The zero-order valence-electron chi connectivity index (χ0n) is 14.3. The van der Waals surface area contributed by atoms with E-state index in [1.54, 1.807) is 18.5 Å². The molecule has 2 N–H and O–H groups in total. The number of rotatable bonds is 7. The van der Waals surface area contributed by atoms with Crippen LogP contribution in [0.4, 0.5) is 11.4 Å². The summed E-state index contributed by atoms with van der Waals surface area (Å²) in [6.07, 6.45) is 5.66. The van der Waals surface area contributed by atoms with Crippen molar-refractivity contribution in [2.75, 3.05) is 30.4 Å². The Bertz CT molecular complexity index is 715. The third kappa shape index (κ3) is 4.70. The molecule has 132 valence electrons. The summed E-state index contributed by atoms with van der Waals surface area (Å²) in [4.78, 5) is 16.7. The van der Waals surface area contributed by atoms with Crippen molar-refractivity contribution in [3.05, 3.63) is 48.3 Å². The standard InChI is InChI=1S/C19H23N3O3/c1-2-24-18-8-4-3-7-17(18)22-19(23)14-10-15(12-20-11-14)21-13-16-6-5-9-25-16/h3-4,7-8,10-12,16,21H,2,5-6,9,13H2,1H3,(H,22,23). The minimum absolute atomic E-state index is 0.222. The Hall–Kier alpha value is -2.60. The minimum atomic E-state index is -0.222. The molecular weight excluding hydrogens is 318 g/mol. The summed E-state index contributed by atoms with van der Waals surface area (Å²) >= 11 is 0. The van der Waals surface area contributed by atoms with E-state index in [9.17, 15) is 4.79 Å². The van der Waals surface area contributed by atoms with Crippen LogP contribution in [0.3, 0.4) is 0 Å². The number of nitrogens with one attached hydrogen (secondary N) is 2. The first-order valence-corrected chi connectivity index (χ1v) is 8.60. The molecule has 0 bridgehead atoms. The number of aromatic nitrogens is 1. The van der Waals surface area contributed by atoms with Gasteiger partial charge in [-0.15, -0.1) is 0 Å². The first kappa shape index (κ1) is 17.2. The van der Waals surface area contributed by atoms with Crippen LogP contribution in [0.25, 0.3) is 0 Å². The van der Waals surface area contributed by atoms with E-state index in [1.165, 1.54) is 0 Å². The number of amides is 1. The van der Waals surface area contributed by atoms with Gasteiger partial charge in [-0.2, -0.15) is 0 Å². The number of carbonyl (C=O) groups is 1. The number of carbonyl (C=O) groups excluding carboxylic acids is 1. The number of nitrogens with zero attached hydrogens (tertiary/aromatic N) is 1. The van der Waals surface area contributed by atoms with Gasteiger partial charge in [-0.3, -0.25) is 9.78 Å². The van der Waals surface area contributed by atoms with E-state index < -0.39 is 0 Å². The fraction of sp³-hybridized carbons (Fsp3) is 0.368. The predicted octanol–water partition coefficient (Wildman–Crippen LogP) is 3.32. The number of ether oxygens (including phenoxy) is 2. The van der Waals surface area contributed by atoms with Crippen LogP contribution in [-0.4, -0.2) is 36.8 Å². The Labute approximate surface area is 147 Å². The number of anilines is 2.